The van der Waals surface area contributed by atoms with Crippen molar-refractivity contribution in [3.63, 3.8) is 0 Å². The van der Waals surface area contributed by atoms with E-state index in [0.29, 0.717) is 33.4 Å². The van der Waals surface area contributed by atoms with Crippen LogP contribution in [0.15, 0.2) is 71.8 Å². The summed E-state index contributed by atoms with van der Waals surface area (Å²) in [5.74, 6) is 0.373. The SMILES string of the molecule is COc1ccc(C(=O)Oc2ccc(/C=N\NC(=O)COc3cccc(Cl)c3Cl)cc2)cc1. The third-order valence-corrected chi connectivity index (χ3v) is 4.90. The third kappa shape index (κ3) is 6.47. The fraction of sp³-hybridized carbons (Fsp3) is 0.0870. The number of carbonyl (C=O) groups is 2. The van der Waals surface area contributed by atoms with Crippen LogP contribution in [0.3, 0.4) is 0 Å². The fourth-order valence-electron chi connectivity index (χ4n) is 2.46. The molecule has 0 unspecified atom stereocenters. The molecule has 1 N–H and O–H groups in total. The first-order chi connectivity index (χ1) is 15.5. The Kier molecular flexibility index (Phi) is 8.08. The monoisotopic (exact) mass is 472 g/mol. The smallest absolute Gasteiger partial charge is 0.343 e. The van der Waals surface area contributed by atoms with Crippen LogP contribution in [0, 0.1) is 0 Å². The Morgan fingerprint density at radius 2 is 1.66 bits per heavy atom. The van der Waals surface area contributed by atoms with Gasteiger partial charge in [0.25, 0.3) is 5.91 Å². The van der Waals surface area contributed by atoms with Crippen molar-refractivity contribution < 1.29 is 23.8 Å². The van der Waals surface area contributed by atoms with Crippen molar-refractivity contribution in [1.29, 1.82) is 0 Å². The summed E-state index contributed by atoms with van der Waals surface area (Å²) in [5, 5.41) is 4.43. The van der Waals surface area contributed by atoms with Gasteiger partial charge in [-0.15, -0.1) is 0 Å². The van der Waals surface area contributed by atoms with Gasteiger partial charge in [-0.25, -0.2) is 10.2 Å². The van der Waals surface area contributed by atoms with Gasteiger partial charge in [0.1, 0.15) is 22.3 Å². The molecule has 0 bridgehead atoms. The molecule has 164 valence electrons. The number of nitrogens with zero attached hydrogens (tertiary/aromatic N) is 1. The number of hydrogen-bond donors (Lipinski definition) is 1. The summed E-state index contributed by atoms with van der Waals surface area (Å²) in [6.07, 6.45) is 1.44. The molecule has 0 aliphatic rings. The van der Waals surface area contributed by atoms with E-state index in [4.69, 9.17) is 37.4 Å². The minimum atomic E-state index is -0.485. The number of hydrazone groups is 1. The van der Waals surface area contributed by atoms with E-state index in [1.807, 2.05) is 0 Å². The number of amides is 1. The molecule has 3 aromatic carbocycles. The zero-order valence-electron chi connectivity index (χ0n) is 16.9. The lowest BCUT2D eigenvalue weighted by atomic mass is 10.2. The zero-order valence-corrected chi connectivity index (χ0v) is 18.4. The Hall–Kier alpha value is -3.55. The van der Waals surface area contributed by atoms with E-state index in [9.17, 15) is 9.59 Å². The predicted octanol–water partition coefficient (Wildman–Crippen LogP) is 4.75. The second kappa shape index (κ2) is 11.2. The van der Waals surface area contributed by atoms with Crippen LogP contribution in [-0.4, -0.2) is 31.8 Å². The van der Waals surface area contributed by atoms with Gasteiger partial charge in [0.05, 0.1) is 23.9 Å². The van der Waals surface area contributed by atoms with Crippen molar-refractivity contribution in [2.45, 2.75) is 0 Å². The Morgan fingerprint density at radius 3 is 2.34 bits per heavy atom. The molecule has 0 fully saturated rings. The van der Waals surface area contributed by atoms with E-state index >= 15 is 0 Å². The van der Waals surface area contributed by atoms with Gasteiger partial charge >= 0.3 is 5.97 Å². The summed E-state index contributed by atoms with van der Waals surface area (Å²) in [6, 6.07) is 18.1. The Balaban J connectivity index is 1.47. The maximum atomic E-state index is 12.2. The van der Waals surface area contributed by atoms with E-state index in [-0.39, 0.29) is 11.6 Å². The van der Waals surface area contributed by atoms with E-state index in [1.165, 1.54) is 6.21 Å². The van der Waals surface area contributed by atoms with E-state index < -0.39 is 11.9 Å². The highest BCUT2D eigenvalue weighted by atomic mass is 35.5. The van der Waals surface area contributed by atoms with Gasteiger partial charge in [0.15, 0.2) is 6.61 Å². The van der Waals surface area contributed by atoms with Gasteiger partial charge in [0.2, 0.25) is 0 Å². The van der Waals surface area contributed by atoms with Crippen molar-refractivity contribution >= 4 is 41.3 Å². The second-order valence-corrected chi connectivity index (χ2v) is 7.11. The number of benzene rings is 3. The molecule has 3 aromatic rings. The van der Waals surface area contributed by atoms with Gasteiger partial charge < -0.3 is 14.2 Å². The number of hydrogen-bond acceptors (Lipinski definition) is 6. The van der Waals surface area contributed by atoms with Crippen molar-refractivity contribution in [2.75, 3.05) is 13.7 Å². The number of nitrogens with one attached hydrogen (secondary N) is 1. The van der Waals surface area contributed by atoms with Crippen LogP contribution in [0.5, 0.6) is 17.2 Å². The molecular formula is C23H18Cl2N2O5. The quantitative estimate of drug-likeness (QED) is 0.221. The van der Waals surface area contributed by atoms with Gasteiger partial charge in [0, 0.05) is 0 Å². The highest BCUT2D eigenvalue weighted by Crippen LogP contribution is 2.31. The summed E-state index contributed by atoms with van der Waals surface area (Å²) in [7, 11) is 1.55. The highest BCUT2D eigenvalue weighted by molar-refractivity contribution is 6.42. The lowest BCUT2D eigenvalue weighted by Crippen LogP contribution is -2.24. The molecule has 0 saturated heterocycles. The predicted molar refractivity (Wildman–Crippen MR) is 122 cm³/mol. The maximum Gasteiger partial charge on any atom is 0.343 e. The summed E-state index contributed by atoms with van der Waals surface area (Å²) in [5.41, 5.74) is 3.44. The largest absolute Gasteiger partial charge is 0.497 e. The van der Waals surface area contributed by atoms with Crippen molar-refractivity contribution in [3.8, 4) is 17.2 Å². The number of ether oxygens (including phenoxy) is 3. The number of methoxy groups -OCH3 is 1. The Labute approximate surface area is 194 Å². The van der Waals surface area contributed by atoms with Crippen LogP contribution >= 0.6 is 23.2 Å². The first-order valence-corrected chi connectivity index (χ1v) is 10.1. The molecule has 0 spiro atoms. The molecule has 3 rings (SSSR count). The molecule has 0 heterocycles. The molecular weight excluding hydrogens is 455 g/mol. The van der Waals surface area contributed by atoms with Crippen LogP contribution in [0.4, 0.5) is 0 Å². The summed E-state index contributed by atoms with van der Waals surface area (Å²) in [6.45, 7) is -0.280. The summed E-state index contributed by atoms with van der Waals surface area (Å²) >= 11 is 11.9. The zero-order chi connectivity index (χ0) is 22.9. The third-order valence-electron chi connectivity index (χ3n) is 4.09. The average Bonchev–Trinajstić information content (AvgIpc) is 2.81. The van der Waals surface area contributed by atoms with Crippen LogP contribution in [-0.2, 0) is 4.79 Å². The maximum absolute atomic E-state index is 12.2. The van der Waals surface area contributed by atoms with Gasteiger partial charge in [-0.3, -0.25) is 4.79 Å². The molecule has 0 radical (unpaired) electrons. The van der Waals surface area contributed by atoms with E-state index in [0.717, 1.165) is 0 Å². The van der Waals surface area contributed by atoms with E-state index in [1.54, 1.807) is 73.8 Å². The lowest BCUT2D eigenvalue weighted by molar-refractivity contribution is -0.123. The van der Waals surface area contributed by atoms with Gasteiger partial charge in [-0.05, 0) is 66.2 Å². The second-order valence-electron chi connectivity index (χ2n) is 6.32. The van der Waals surface area contributed by atoms with Crippen LogP contribution in [0.25, 0.3) is 0 Å². The normalized spacial score (nSPS) is 10.6. The summed E-state index contributed by atoms with van der Waals surface area (Å²) < 4.78 is 15.7. The standard InChI is InChI=1S/C23H18Cl2N2O5/c1-30-17-11-7-16(8-12-17)23(29)32-18-9-5-15(6-10-18)13-26-27-21(28)14-31-20-4-2-3-19(24)22(20)25/h2-13H,14H2,1H3,(H,27,28)/b26-13-. The molecule has 1 amide bonds. The van der Waals surface area contributed by atoms with Crippen molar-refractivity contribution in [3.05, 3.63) is 87.9 Å². The van der Waals surface area contributed by atoms with Gasteiger partial charge in [-0.2, -0.15) is 5.10 Å². The molecule has 32 heavy (non-hydrogen) atoms. The first-order valence-electron chi connectivity index (χ1n) is 9.31. The van der Waals surface area contributed by atoms with Crippen LogP contribution < -0.4 is 19.6 Å². The fourth-order valence-corrected chi connectivity index (χ4v) is 2.81. The Morgan fingerprint density at radius 1 is 0.969 bits per heavy atom. The molecule has 0 saturated carbocycles. The number of carbonyl (C=O) groups excluding carboxylic acids is 2. The molecule has 0 aliphatic carbocycles. The molecule has 0 atom stereocenters. The highest BCUT2D eigenvalue weighted by Gasteiger charge is 2.09. The molecule has 9 heteroatoms. The first kappa shape index (κ1) is 23.1. The molecule has 7 nitrogen and oxygen atoms in total. The van der Waals surface area contributed by atoms with Crippen LogP contribution in [0.2, 0.25) is 10.0 Å². The Bertz CT molecular complexity index is 1120. The number of rotatable bonds is 8. The minimum Gasteiger partial charge on any atom is -0.497 e. The number of halogens is 2. The molecule has 0 aromatic heterocycles. The van der Waals surface area contributed by atoms with Gasteiger partial charge in [-0.1, -0.05) is 29.3 Å². The lowest BCUT2D eigenvalue weighted by Gasteiger charge is -2.07. The van der Waals surface area contributed by atoms with Crippen molar-refractivity contribution in [1.82, 2.24) is 5.43 Å². The van der Waals surface area contributed by atoms with Crippen LogP contribution in [0.1, 0.15) is 15.9 Å². The van der Waals surface area contributed by atoms with Crippen molar-refractivity contribution in [2.24, 2.45) is 5.10 Å². The summed E-state index contributed by atoms with van der Waals surface area (Å²) in [4.78, 5) is 24.0. The number of esters is 1. The average molecular weight is 473 g/mol. The minimum absolute atomic E-state index is 0.234. The van der Waals surface area contributed by atoms with E-state index in [2.05, 4.69) is 10.5 Å². The topological polar surface area (TPSA) is 86.2 Å². The molecule has 0 aliphatic heterocycles.